The third-order valence-corrected chi connectivity index (χ3v) is 4.15. The number of carbonyl (C=O) groups is 2. The molecule has 2 aromatic carbocycles. The molecule has 3 aromatic rings. The van der Waals surface area contributed by atoms with Gasteiger partial charge in [-0.2, -0.15) is 0 Å². The molecule has 0 saturated heterocycles. The Hall–Kier alpha value is -4.14. The molecule has 0 unspecified atom stereocenters. The van der Waals surface area contributed by atoms with Crippen LogP contribution in [-0.2, 0) is 6.61 Å². The number of nitrogens with one attached hydrogen (secondary N) is 1. The van der Waals surface area contributed by atoms with Crippen molar-refractivity contribution >= 4 is 17.8 Å². The fraction of sp³-hybridized carbons (Fsp3) is 0.0500. The van der Waals surface area contributed by atoms with Gasteiger partial charge >= 0.3 is 11.9 Å². The largest absolute Gasteiger partial charge is 0.486 e. The molecular weight excluding hydrogens is 383 g/mol. The molecule has 0 aliphatic carbocycles. The average molecular weight is 398 g/mol. The number of aromatic amines is 1. The Bertz CT molecular complexity index is 1150. The number of hydrogen-bond donors (Lipinski definition) is 4. The summed E-state index contributed by atoms with van der Waals surface area (Å²) < 4.78 is 19.0. The number of halogens is 1. The van der Waals surface area contributed by atoms with E-state index >= 15 is 0 Å². The van der Waals surface area contributed by atoms with Gasteiger partial charge in [-0.15, -0.1) is 0 Å². The first-order valence-corrected chi connectivity index (χ1v) is 8.28. The van der Waals surface area contributed by atoms with Crippen molar-refractivity contribution in [1.82, 2.24) is 4.98 Å². The van der Waals surface area contributed by atoms with Gasteiger partial charge in [-0.3, -0.25) is 4.79 Å². The van der Waals surface area contributed by atoms with Gasteiger partial charge in [0.1, 0.15) is 23.6 Å². The molecule has 0 aliphatic heterocycles. The van der Waals surface area contributed by atoms with Crippen LogP contribution in [0.5, 0.6) is 5.75 Å². The van der Waals surface area contributed by atoms with Gasteiger partial charge < -0.3 is 25.7 Å². The maximum atomic E-state index is 13.6. The van der Waals surface area contributed by atoms with Gasteiger partial charge in [0, 0.05) is 5.56 Å². The second-order valence-corrected chi connectivity index (χ2v) is 6.02. The maximum absolute atomic E-state index is 13.6. The molecule has 0 saturated carbocycles. The molecule has 0 fully saturated rings. The second-order valence-electron chi connectivity index (χ2n) is 6.02. The van der Waals surface area contributed by atoms with Crippen LogP contribution in [0, 0.1) is 5.82 Å². The van der Waals surface area contributed by atoms with Crippen LogP contribution < -0.4 is 16.0 Å². The number of benzene rings is 2. The van der Waals surface area contributed by atoms with Crippen LogP contribution in [0.1, 0.15) is 26.3 Å². The summed E-state index contributed by atoms with van der Waals surface area (Å²) in [5.41, 5.74) is 3.83. The Kier molecular flexibility index (Phi) is 5.31. The standard InChI is InChI=1S/C20H15FN2O6/c21-12-3-1-2-4-13(12)29-9-10-5-7-11(8-6-10)14-15(19(25)26)17(22)23-18(24)16(14)20(27)28/h1-8H,9H2,(H,25,26)(H,27,28)(H3,22,23,24). The normalized spacial score (nSPS) is 10.5. The third-order valence-electron chi connectivity index (χ3n) is 4.15. The lowest BCUT2D eigenvalue weighted by atomic mass is 9.95. The number of nitrogen functional groups attached to an aromatic ring is 1. The molecule has 0 atom stereocenters. The molecule has 0 aliphatic rings. The summed E-state index contributed by atoms with van der Waals surface area (Å²) in [6, 6.07) is 11.9. The minimum atomic E-state index is -1.59. The van der Waals surface area contributed by atoms with Gasteiger partial charge in [-0.25, -0.2) is 14.0 Å². The van der Waals surface area contributed by atoms with Crippen molar-refractivity contribution in [2.24, 2.45) is 0 Å². The molecule has 1 aromatic heterocycles. The number of carboxylic acids is 2. The summed E-state index contributed by atoms with van der Waals surface area (Å²) in [6.45, 7) is 0.0241. The van der Waals surface area contributed by atoms with Crippen molar-refractivity contribution in [1.29, 1.82) is 0 Å². The van der Waals surface area contributed by atoms with Crippen molar-refractivity contribution in [2.45, 2.75) is 6.61 Å². The topological polar surface area (TPSA) is 143 Å². The molecule has 29 heavy (non-hydrogen) atoms. The highest BCUT2D eigenvalue weighted by Gasteiger charge is 2.26. The quantitative estimate of drug-likeness (QED) is 0.500. The average Bonchev–Trinajstić information content (AvgIpc) is 2.66. The van der Waals surface area contributed by atoms with E-state index in [-0.39, 0.29) is 23.5 Å². The monoisotopic (exact) mass is 398 g/mol. The van der Waals surface area contributed by atoms with Crippen LogP contribution >= 0.6 is 0 Å². The van der Waals surface area contributed by atoms with Gasteiger partial charge in [0.25, 0.3) is 5.56 Å². The van der Waals surface area contributed by atoms with Crippen LogP contribution in [0.25, 0.3) is 11.1 Å². The molecule has 8 nitrogen and oxygen atoms in total. The lowest BCUT2D eigenvalue weighted by Gasteiger charge is -2.13. The van der Waals surface area contributed by atoms with Crippen molar-refractivity contribution < 1.29 is 28.9 Å². The molecule has 0 spiro atoms. The molecule has 0 radical (unpaired) electrons. The molecule has 9 heteroatoms. The van der Waals surface area contributed by atoms with Gasteiger partial charge in [-0.05, 0) is 23.3 Å². The predicted molar refractivity (Wildman–Crippen MR) is 102 cm³/mol. The van der Waals surface area contributed by atoms with Crippen molar-refractivity contribution in [3.05, 3.63) is 81.4 Å². The first-order valence-electron chi connectivity index (χ1n) is 8.28. The van der Waals surface area contributed by atoms with Crippen LogP contribution in [0.2, 0.25) is 0 Å². The highest BCUT2D eigenvalue weighted by atomic mass is 19.1. The Morgan fingerprint density at radius 3 is 2.21 bits per heavy atom. The Labute approximate surface area is 163 Å². The fourth-order valence-electron chi connectivity index (χ4n) is 2.83. The number of para-hydroxylation sites is 1. The zero-order chi connectivity index (χ0) is 21.1. The van der Waals surface area contributed by atoms with Crippen LogP contribution in [-0.4, -0.2) is 27.1 Å². The molecule has 0 amide bonds. The molecule has 3 rings (SSSR count). The van der Waals surface area contributed by atoms with E-state index in [1.807, 2.05) is 4.98 Å². The summed E-state index contributed by atoms with van der Waals surface area (Å²) in [4.78, 5) is 37.2. The molecule has 5 N–H and O–H groups in total. The van der Waals surface area contributed by atoms with Gasteiger partial charge in [0.15, 0.2) is 11.6 Å². The molecule has 0 bridgehead atoms. The number of hydrogen-bond acceptors (Lipinski definition) is 5. The highest BCUT2D eigenvalue weighted by molar-refractivity contribution is 6.07. The lowest BCUT2D eigenvalue weighted by molar-refractivity contribution is 0.0695. The number of carboxylic acid groups (broad SMARTS) is 2. The molecule has 148 valence electrons. The van der Waals surface area contributed by atoms with E-state index in [1.54, 1.807) is 18.2 Å². The van der Waals surface area contributed by atoms with Crippen LogP contribution in [0.15, 0.2) is 53.3 Å². The summed E-state index contributed by atoms with van der Waals surface area (Å²) in [5, 5.41) is 18.8. The summed E-state index contributed by atoms with van der Waals surface area (Å²) in [5.74, 6) is -3.96. The third kappa shape index (κ3) is 3.93. The zero-order valence-corrected chi connectivity index (χ0v) is 14.8. The highest BCUT2D eigenvalue weighted by Crippen LogP contribution is 2.29. The number of ether oxygens (including phenoxy) is 1. The van der Waals surface area contributed by atoms with Gasteiger partial charge in [0.05, 0.1) is 0 Å². The van der Waals surface area contributed by atoms with Crippen molar-refractivity contribution in [2.75, 3.05) is 5.73 Å². The van der Waals surface area contributed by atoms with E-state index < -0.39 is 40.3 Å². The van der Waals surface area contributed by atoms with Gasteiger partial charge in [0.2, 0.25) is 0 Å². The first-order chi connectivity index (χ1) is 13.8. The second kappa shape index (κ2) is 7.85. The number of rotatable bonds is 6. The number of pyridine rings is 1. The van der Waals surface area contributed by atoms with Crippen molar-refractivity contribution in [3.63, 3.8) is 0 Å². The van der Waals surface area contributed by atoms with Crippen LogP contribution in [0.4, 0.5) is 10.2 Å². The number of H-pyrrole nitrogens is 1. The summed E-state index contributed by atoms with van der Waals surface area (Å²) in [6.07, 6.45) is 0. The van der Waals surface area contributed by atoms with E-state index in [0.29, 0.717) is 5.56 Å². The van der Waals surface area contributed by atoms with E-state index in [1.165, 1.54) is 30.3 Å². The number of nitrogens with two attached hydrogens (primary N) is 1. The Morgan fingerprint density at radius 2 is 1.62 bits per heavy atom. The maximum Gasteiger partial charge on any atom is 0.342 e. The molecular formula is C20H15FN2O6. The van der Waals surface area contributed by atoms with Crippen molar-refractivity contribution in [3.8, 4) is 16.9 Å². The summed E-state index contributed by atoms with van der Waals surface area (Å²) >= 11 is 0. The van der Waals surface area contributed by atoms with Gasteiger partial charge in [-0.1, -0.05) is 36.4 Å². The van der Waals surface area contributed by atoms with E-state index in [2.05, 4.69) is 0 Å². The Balaban J connectivity index is 1.99. The minimum absolute atomic E-state index is 0.0241. The minimum Gasteiger partial charge on any atom is -0.486 e. The summed E-state index contributed by atoms with van der Waals surface area (Å²) in [7, 11) is 0. The predicted octanol–water partition coefficient (Wildman–Crippen LogP) is 2.74. The zero-order valence-electron chi connectivity index (χ0n) is 14.8. The van der Waals surface area contributed by atoms with E-state index in [9.17, 15) is 29.0 Å². The first kappa shape index (κ1) is 19.6. The number of aromatic nitrogens is 1. The van der Waals surface area contributed by atoms with Crippen LogP contribution in [0.3, 0.4) is 0 Å². The lowest BCUT2D eigenvalue weighted by Crippen LogP contribution is -2.24. The number of anilines is 1. The SMILES string of the molecule is Nc1[nH]c(=O)c(C(=O)O)c(-c2ccc(COc3ccccc3F)cc2)c1C(=O)O. The smallest absolute Gasteiger partial charge is 0.342 e. The number of aromatic carboxylic acids is 2. The fourth-order valence-corrected chi connectivity index (χ4v) is 2.83. The Morgan fingerprint density at radius 1 is 1.00 bits per heavy atom. The van der Waals surface area contributed by atoms with E-state index in [4.69, 9.17) is 10.5 Å². The van der Waals surface area contributed by atoms with E-state index in [0.717, 1.165) is 0 Å². The molecule has 1 heterocycles.